The number of rotatable bonds is 6. The maximum atomic E-state index is 9.95. The number of hydrogen-bond acceptors (Lipinski definition) is 3. The van der Waals surface area contributed by atoms with E-state index >= 15 is 0 Å². The maximum absolute atomic E-state index is 9.95. The molecule has 0 aliphatic rings. The predicted octanol–water partition coefficient (Wildman–Crippen LogP) is 0.0650. The molecule has 0 saturated heterocycles. The normalized spacial score (nSPS) is 9.30. The SMILES string of the molecule is O=CCP(CC=O)CC=O. The lowest BCUT2D eigenvalue weighted by Crippen LogP contribution is -1.97. The molecule has 0 saturated carbocycles. The molecule has 3 nitrogen and oxygen atoms in total. The minimum atomic E-state index is -0.665. The summed E-state index contributed by atoms with van der Waals surface area (Å²) in [5.41, 5.74) is 0. The fourth-order valence-electron chi connectivity index (χ4n) is 0.540. The van der Waals surface area contributed by atoms with Gasteiger partial charge in [-0.1, -0.05) is 7.92 Å². The molecule has 56 valence electrons. The van der Waals surface area contributed by atoms with E-state index in [1.54, 1.807) is 0 Å². The molecule has 0 bridgehead atoms. The van der Waals surface area contributed by atoms with Gasteiger partial charge < -0.3 is 14.4 Å². The van der Waals surface area contributed by atoms with Crippen molar-refractivity contribution in [3.8, 4) is 0 Å². The van der Waals surface area contributed by atoms with E-state index in [0.29, 0.717) is 18.5 Å². The van der Waals surface area contributed by atoms with Crippen molar-refractivity contribution >= 4 is 26.8 Å². The third kappa shape index (κ3) is 4.33. The van der Waals surface area contributed by atoms with E-state index in [1.165, 1.54) is 0 Å². The third-order valence-electron chi connectivity index (χ3n) is 0.998. The Bertz CT molecular complexity index is 100. The van der Waals surface area contributed by atoms with Gasteiger partial charge in [0.05, 0.1) is 0 Å². The highest BCUT2D eigenvalue weighted by atomic mass is 31.1. The number of carbonyl (C=O) groups excluding carboxylic acids is 3. The summed E-state index contributed by atoms with van der Waals surface area (Å²) in [7, 11) is -0.665. The van der Waals surface area contributed by atoms with E-state index in [4.69, 9.17) is 0 Å². The van der Waals surface area contributed by atoms with E-state index in [1.807, 2.05) is 0 Å². The molecule has 0 rings (SSSR count). The molecule has 0 aromatic carbocycles. The van der Waals surface area contributed by atoms with Crippen molar-refractivity contribution in [1.82, 2.24) is 0 Å². The molecule has 0 aromatic rings. The molecule has 0 radical (unpaired) electrons. The van der Waals surface area contributed by atoms with Crippen LogP contribution in [0.15, 0.2) is 0 Å². The van der Waals surface area contributed by atoms with Gasteiger partial charge in [0, 0.05) is 18.5 Å². The van der Waals surface area contributed by atoms with Crippen LogP contribution in [0.5, 0.6) is 0 Å². The molecule has 0 aliphatic carbocycles. The van der Waals surface area contributed by atoms with E-state index in [2.05, 4.69) is 0 Å². The van der Waals surface area contributed by atoms with E-state index in [-0.39, 0.29) is 0 Å². The summed E-state index contributed by atoms with van der Waals surface area (Å²) in [5, 5.41) is 0. The van der Waals surface area contributed by atoms with E-state index < -0.39 is 7.92 Å². The molecular weight excluding hydrogens is 151 g/mol. The van der Waals surface area contributed by atoms with E-state index in [9.17, 15) is 14.4 Å². The van der Waals surface area contributed by atoms with Gasteiger partial charge >= 0.3 is 0 Å². The molecule has 0 spiro atoms. The summed E-state index contributed by atoms with van der Waals surface area (Å²) >= 11 is 0. The number of carbonyl (C=O) groups is 3. The first-order valence-corrected chi connectivity index (χ1v) is 4.78. The maximum Gasteiger partial charge on any atom is 0.124 e. The van der Waals surface area contributed by atoms with Gasteiger partial charge in [-0.15, -0.1) is 0 Å². The van der Waals surface area contributed by atoms with E-state index in [0.717, 1.165) is 18.9 Å². The highest BCUT2D eigenvalue weighted by Crippen LogP contribution is 2.30. The van der Waals surface area contributed by atoms with Crippen LogP contribution in [-0.2, 0) is 14.4 Å². The van der Waals surface area contributed by atoms with Crippen molar-refractivity contribution in [2.45, 2.75) is 0 Å². The van der Waals surface area contributed by atoms with Crippen LogP contribution in [0.25, 0.3) is 0 Å². The van der Waals surface area contributed by atoms with Crippen LogP contribution in [-0.4, -0.2) is 37.3 Å². The van der Waals surface area contributed by atoms with Gasteiger partial charge in [-0.3, -0.25) is 0 Å². The van der Waals surface area contributed by atoms with Gasteiger partial charge in [-0.2, -0.15) is 0 Å². The van der Waals surface area contributed by atoms with Crippen molar-refractivity contribution in [2.75, 3.05) is 18.5 Å². The topological polar surface area (TPSA) is 51.2 Å². The summed E-state index contributed by atoms with van der Waals surface area (Å²) in [6, 6.07) is 0. The highest BCUT2D eigenvalue weighted by Gasteiger charge is 2.04. The lowest BCUT2D eigenvalue weighted by Gasteiger charge is -2.04. The monoisotopic (exact) mass is 160 g/mol. The molecule has 10 heavy (non-hydrogen) atoms. The second-order valence-electron chi connectivity index (χ2n) is 1.72. The van der Waals surface area contributed by atoms with Gasteiger partial charge in [-0.05, 0) is 0 Å². The molecule has 0 unspecified atom stereocenters. The lowest BCUT2D eigenvalue weighted by atomic mass is 10.9. The average molecular weight is 160 g/mol. The lowest BCUT2D eigenvalue weighted by molar-refractivity contribution is -0.106. The largest absolute Gasteiger partial charge is 0.303 e. The minimum absolute atomic E-state index is 0.368. The van der Waals surface area contributed by atoms with Gasteiger partial charge in [0.15, 0.2) is 0 Å². The Morgan fingerprint density at radius 2 is 1.10 bits per heavy atom. The first kappa shape index (κ1) is 9.44. The molecule has 0 fully saturated rings. The Morgan fingerprint density at radius 1 is 0.800 bits per heavy atom. The summed E-state index contributed by atoms with van der Waals surface area (Å²) in [6.45, 7) is 0. The molecule has 0 aliphatic heterocycles. The molecule has 0 amide bonds. The summed E-state index contributed by atoms with van der Waals surface area (Å²) in [4.78, 5) is 29.8. The first-order valence-electron chi connectivity index (χ1n) is 2.88. The quantitative estimate of drug-likeness (QED) is 0.408. The van der Waals surface area contributed by atoms with Crippen molar-refractivity contribution in [3.63, 3.8) is 0 Å². The molecule has 0 aromatic heterocycles. The zero-order chi connectivity index (χ0) is 7.82. The average Bonchev–Trinajstić information content (AvgIpc) is 1.90. The minimum Gasteiger partial charge on any atom is -0.303 e. The van der Waals surface area contributed by atoms with Crippen LogP contribution >= 0.6 is 7.92 Å². The summed E-state index contributed by atoms with van der Waals surface area (Å²) in [5.74, 6) is 0. The first-order chi connectivity index (χ1) is 4.85. The Labute approximate surface area is 60.5 Å². The van der Waals surface area contributed by atoms with Gasteiger partial charge in [-0.25, -0.2) is 0 Å². The van der Waals surface area contributed by atoms with Crippen molar-refractivity contribution in [3.05, 3.63) is 0 Å². The Kier molecular flexibility index (Phi) is 6.19. The van der Waals surface area contributed by atoms with Crippen LogP contribution in [0, 0.1) is 0 Å². The molecular formula is C6H9O3P. The van der Waals surface area contributed by atoms with Gasteiger partial charge in [0.2, 0.25) is 0 Å². The third-order valence-corrected chi connectivity index (χ3v) is 2.99. The van der Waals surface area contributed by atoms with Crippen LogP contribution < -0.4 is 0 Å². The van der Waals surface area contributed by atoms with Gasteiger partial charge in [0.25, 0.3) is 0 Å². The van der Waals surface area contributed by atoms with Crippen molar-refractivity contribution < 1.29 is 14.4 Å². The number of hydrogen-bond donors (Lipinski definition) is 0. The summed E-state index contributed by atoms with van der Waals surface area (Å²) < 4.78 is 0. The second-order valence-corrected chi connectivity index (χ2v) is 4.16. The molecule has 0 N–H and O–H groups in total. The smallest absolute Gasteiger partial charge is 0.124 e. The Morgan fingerprint density at radius 3 is 1.30 bits per heavy atom. The zero-order valence-electron chi connectivity index (χ0n) is 5.53. The Hall–Kier alpha value is -0.560. The number of aldehydes is 3. The van der Waals surface area contributed by atoms with Crippen LogP contribution in [0.3, 0.4) is 0 Å². The second kappa shape index (κ2) is 6.56. The van der Waals surface area contributed by atoms with Crippen LogP contribution in [0.4, 0.5) is 0 Å². The fraction of sp³-hybridized carbons (Fsp3) is 0.500. The molecule has 0 heterocycles. The molecule has 4 heteroatoms. The van der Waals surface area contributed by atoms with Gasteiger partial charge in [0.1, 0.15) is 18.9 Å². The highest BCUT2D eigenvalue weighted by molar-refractivity contribution is 7.60. The van der Waals surface area contributed by atoms with Crippen molar-refractivity contribution in [1.29, 1.82) is 0 Å². The standard InChI is InChI=1S/C6H9O3P/c7-1-4-10(5-2-8)6-3-9/h1-3H,4-6H2. The zero-order valence-corrected chi connectivity index (χ0v) is 6.42. The molecule has 0 atom stereocenters. The van der Waals surface area contributed by atoms with Crippen LogP contribution in [0.1, 0.15) is 0 Å². The Balaban J connectivity index is 3.58. The van der Waals surface area contributed by atoms with Crippen molar-refractivity contribution in [2.24, 2.45) is 0 Å². The summed E-state index contributed by atoms with van der Waals surface area (Å²) in [6.07, 6.45) is 3.39. The predicted molar refractivity (Wildman–Crippen MR) is 39.7 cm³/mol. The van der Waals surface area contributed by atoms with Crippen LogP contribution in [0.2, 0.25) is 0 Å². The fourth-order valence-corrected chi connectivity index (χ4v) is 1.62.